The van der Waals surface area contributed by atoms with Gasteiger partial charge in [-0.05, 0) is 39.0 Å². The number of halogens is 2. The fourth-order valence-corrected chi connectivity index (χ4v) is 3.59. The standard InChI is InChI=1S/C15H17BrClNS/c1-10(2)12-5-3-11(4-6-12)8-18-9-13-7-14(16)15(17)19-13/h3-7,10,18H,8-9H2,1-2H3. The first-order valence-electron chi connectivity index (χ1n) is 6.29. The predicted molar refractivity (Wildman–Crippen MR) is 88.1 cm³/mol. The zero-order valence-corrected chi connectivity index (χ0v) is 14.2. The Morgan fingerprint density at radius 3 is 2.42 bits per heavy atom. The molecule has 0 aliphatic heterocycles. The molecule has 2 rings (SSSR count). The molecule has 0 bridgehead atoms. The second kappa shape index (κ2) is 6.89. The Kier molecular flexibility index (Phi) is 5.46. The molecular formula is C15H17BrClNS. The smallest absolute Gasteiger partial charge is 0.107 e. The first-order chi connectivity index (χ1) is 9.06. The number of nitrogens with one attached hydrogen (secondary N) is 1. The third kappa shape index (κ3) is 4.32. The number of thiophene rings is 1. The van der Waals surface area contributed by atoms with Gasteiger partial charge in [-0.2, -0.15) is 0 Å². The van der Waals surface area contributed by atoms with Crippen LogP contribution < -0.4 is 5.32 Å². The summed E-state index contributed by atoms with van der Waals surface area (Å²) in [7, 11) is 0. The first-order valence-corrected chi connectivity index (χ1v) is 8.28. The van der Waals surface area contributed by atoms with Gasteiger partial charge in [0.1, 0.15) is 4.34 Å². The first kappa shape index (κ1) is 15.0. The molecule has 0 saturated carbocycles. The molecule has 102 valence electrons. The highest BCUT2D eigenvalue weighted by Crippen LogP contribution is 2.31. The lowest BCUT2D eigenvalue weighted by atomic mass is 10.0. The van der Waals surface area contributed by atoms with Gasteiger partial charge in [0.2, 0.25) is 0 Å². The molecular weight excluding hydrogens is 342 g/mol. The molecule has 2 aromatic rings. The summed E-state index contributed by atoms with van der Waals surface area (Å²) in [5.74, 6) is 0.590. The van der Waals surface area contributed by atoms with Gasteiger partial charge in [0, 0.05) is 22.4 Å². The van der Waals surface area contributed by atoms with Crippen LogP contribution in [0.25, 0.3) is 0 Å². The summed E-state index contributed by atoms with van der Waals surface area (Å²) >= 11 is 11.1. The average Bonchev–Trinajstić information content (AvgIpc) is 2.69. The van der Waals surface area contributed by atoms with Crippen molar-refractivity contribution in [1.29, 1.82) is 0 Å². The van der Waals surface area contributed by atoms with Gasteiger partial charge in [0.25, 0.3) is 0 Å². The van der Waals surface area contributed by atoms with Crippen LogP contribution in [-0.4, -0.2) is 0 Å². The number of rotatable bonds is 5. The highest BCUT2D eigenvalue weighted by molar-refractivity contribution is 9.10. The summed E-state index contributed by atoms with van der Waals surface area (Å²) in [4.78, 5) is 1.25. The minimum Gasteiger partial charge on any atom is -0.308 e. The van der Waals surface area contributed by atoms with E-state index in [0.29, 0.717) is 5.92 Å². The van der Waals surface area contributed by atoms with E-state index in [0.717, 1.165) is 21.9 Å². The van der Waals surface area contributed by atoms with Crippen LogP contribution in [0, 0.1) is 0 Å². The molecule has 0 unspecified atom stereocenters. The summed E-state index contributed by atoms with van der Waals surface area (Å²) in [6.45, 7) is 6.16. The van der Waals surface area contributed by atoms with Crippen molar-refractivity contribution in [1.82, 2.24) is 5.32 Å². The van der Waals surface area contributed by atoms with E-state index in [2.05, 4.69) is 65.4 Å². The zero-order chi connectivity index (χ0) is 13.8. The van der Waals surface area contributed by atoms with Crippen molar-refractivity contribution in [3.8, 4) is 0 Å². The van der Waals surface area contributed by atoms with Crippen LogP contribution in [0.2, 0.25) is 4.34 Å². The molecule has 1 aromatic heterocycles. The van der Waals surface area contributed by atoms with Crippen molar-refractivity contribution in [2.75, 3.05) is 0 Å². The maximum atomic E-state index is 6.02. The van der Waals surface area contributed by atoms with Gasteiger partial charge in [-0.25, -0.2) is 0 Å². The Balaban J connectivity index is 1.85. The largest absolute Gasteiger partial charge is 0.308 e. The second-order valence-electron chi connectivity index (χ2n) is 4.83. The molecule has 0 aliphatic carbocycles. The Bertz CT molecular complexity index is 514. The van der Waals surface area contributed by atoms with E-state index in [1.54, 1.807) is 11.3 Å². The van der Waals surface area contributed by atoms with Crippen LogP contribution in [0.1, 0.15) is 35.8 Å². The zero-order valence-electron chi connectivity index (χ0n) is 11.0. The SMILES string of the molecule is CC(C)c1ccc(CNCc2cc(Br)c(Cl)s2)cc1. The summed E-state index contributed by atoms with van der Waals surface area (Å²) in [6, 6.07) is 10.9. The van der Waals surface area contributed by atoms with Crippen molar-refractivity contribution >= 4 is 38.9 Å². The molecule has 4 heteroatoms. The number of benzene rings is 1. The maximum absolute atomic E-state index is 6.02. The molecule has 1 nitrogen and oxygen atoms in total. The van der Waals surface area contributed by atoms with Gasteiger partial charge >= 0.3 is 0 Å². The monoisotopic (exact) mass is 357 g/mol. The van der Waals surface area contributed by atoms with E-state index < -0.39 is 0 Å². The molecule has 0 aliphatic rings. The van der Waals surface area contributed by atoms with Crippen LogP contribution in [0.3, 0.4) is 0 Å². The fourth-order valence-electron chi connectivity index (χ4n) is 1.83. The van der Waals surface area contributed by atoms with E-state index in [1.807, 2.05) is 0 Å². The topological polar surface area (TPSA) is 12.0 Å². The molecule has 0 fully saturated rings. The predicted octanol–water partition coefficient (Wildman–Crippen LogP) is 5.58. The summed E-state index contributed by atoms with van der Waals surface area (Å²) in [5.41, 5.74) is 2.70. The van der Waals surface area contributed by atoms with E-state index in [4.69, 9.17) is 11.6 Å². The maximum Gasteiger partial charge on any atom is 0.107 e. The summed E-state index contributed by atoms with van der Waals surface area (Å²) in [6.07, 6.45) is 0. The van der Waals surface area contributed by atoms with Gasteiger partial charge < -0.3 is 5.32 Å². The average molecular weight is 359 g/mol. The molecule has 1 N–H and O–H groups in total. The molecule has 19 heavy (non-hydrogen) atoms. The van der Waals surface area contributed by atoms with Gasteiger partial charge in [-0.1, -0.05) is 49.7 Å². The van der Waals surface area contributed by atoms with Crippen LogP contribution in [0.5, 0.6) is 0 Å². The lowest BCUT2D eigenvalue weighted by Gasteiger charge is -2.07. The van der Waals surface area contributed by atoms with Crippen LogP contribution in [0.4, 0.5) is 0 Å². The minimum atomic E-state index is 0.590. The number of hydrogen-bond acceptors (Lipinski definition) is 2. The molecule has 0 radical (unpaired) electrons. The van der Waals surface area contributed by atoms with E-state index in [-0.39, 0.29) is 0 Å². The Labute approximate surface area is 132 Å². The number of hydrogen-bond donors (Lipinski definition) is 1. The highest BCUT2D eigenvalue weighted by atomic mass is 79.9. The van der Waals surface area contributed by atoms with Crippen molar-refractivity contribution in [2.24, 2.45) is 0 Å². The van der Waals surface area contributed by atoms with Crippen molar-refractivity contribution in [2.45, 2.75) is 32.9 Å². The molecule has 0 amide bonds. The minimum absolute atomic E-state index is 0.590. The Morgan fingerprint density at radius 2 is 1.89 bits per heavy atom. The van der Waals surface area contributed by atoms with Crippen molar-refractivity contribution < 1.29 is 0 Å². The molecule has 1 aromatic carbocycles. The van der Waals surface area contributed by atoms with Crippen LogP contribution >= 0.6 is 38.9 Å². The van der Waals surface area contributed by atoms with E-state index in [1.165, 1.54) is 16.0 Å². The van der Waals surface area contributed by atoms with E-state index in [9.17, 15) is 0 Å². The van der Waals surface area contributed by atoms with Gasteiger partial charge in [-0.15, -0.1) is 11.3 Å². The lowest BCUT2D eigenvalue weighted by molar-refractivity contribution is 0.700. The Hall–Kier alpha value is -0.350. The van der Waals surface area contributed by atoms with Crippen LogP contribution in [-0.2, 0) is 13.1 Å². The van der Waals surface area contributed by atoms with Gasteiger partial charge in [0.15, 0.2) is 0 Å². The summed E-state index contributed by atoms with van der Waals surface area (Å²) in [5, 5.41) is 3.44. The summed E-state index contributed by atoms with van der Waals surface area (Å²) < 4.78 is 1.80. The third-order valence-corrected chi connectivity index (χ3v) is 5.45. The molecule has 1 heterocycles. The van der Waals surface area contributed by atoms with Gasteiger partial charge in [0.05, 0.1) is 0 Å². The molecule has 0 saturated heterocycles. The van der Waals surface area contributed by atoms with Gasteiger partial charge in [-0.3, -0.25) is 0 Å². The second-order valence-corrected chi connectivity index (χ2v) is 7.43. The van der Waals surface area contributed by atoms with Crippen molar-refractivity contribution in [3.63, 3.8) is 0 Å². The molecule has 0 spiro atoms. The van der Waals surface area contributed by atoms with Crippen LogP contribution in [0.15, 0.2) is 34.8 Å². The fraction of sp³-hybridized carbons (Fsp3) is 0.333. The highest BCUT2D eigenvalue weighted by Gasteiger charge is 2.04. The van der Waals surface area contributed by atoms with Crippen molar-refractivity contribution in [3.05, 3.63) is 55.1 Å². The van der Waals surface area contributed by atoms with E-state index >= 15 is 0 Å². The normalized spacial score (nSPS) is 11.2. The Morgan fingerprint density at radius 1 is 1.21 bits per heavy atom. The third-order valence-electron chi connectivity index (χ3n) is 2.97. The quantitative estimate of drug-likeness (QED) is 0.736. The molecule has 0 atom stereocenters. The lowest BCUT2D eigenvalue weighted by Crippen LogP contribution is -2.11.